The highest BCUT2D eigenvalue weighted by molar-refractivity contribution is 6.05. The Morgan fingerprint density at radius 2 is 2.03 bits per heavy atom. The van der Waals surface area contributed by atoms with Crippen molar-refractivity contribution >= 4 is 29.0 Å². The predicted molar refractivity (Wildman–Crippen MR) is 109 cm³/mol. The van der Waals surface area contributed by atoms with Gasteiger partial charge >= 0.3 is 6.18 Å². The van der Waals surface area contributed by atoms with E-state index in [0.29, 0.717) is 18.1 Å². The van der Waals surface area contributed by atoms with Crippen molar-refractivity contribution in [1.29, 1.82) is 0 Å². The Bertz CT molecular complexity index is 1100. The van der Waals surface area contributed by atoms with Crippen LogP contribution in [0.25, 0.3) is 0 Å². The highest BCUT2D eigenvalue weighted by atomic mass is 19.4. The number of carbonyl (C=O) groups is 2. The minimum atomic E-state index is -4.68. The minimum Gasteiger partial charge on any atom is -0.383 e. The van der Waals surface area contributed by atoms with E-state index in [4.69, 9.17) is 10.5 Å². The number of carbonyl (C=O) groups excluding carboxylic acids is 2. The summed E-state index contributed by atoms with van der Waals surface area (Å²) in [5.41, 5.74) is 6.28. The van der Waals surface area contributed by atoms with Crippen LogP contribution in [0.5, 0.6) is 0 Å². The summed E-state index contributed by atoms with van der Waals surface area (Å²) >= 11 is 0. The van der Waals surface area contributed by atoms with E-state index in [0.717, 1.165) is 28.2 Å². The number of rotatable bonds is 4. The van der Waals surface area contributed by atoms with Crippen molar-refractivity contribution < 1.29 is 32.6 Å². The van der Waals surface area contributed by atoms with Gasteiger partial charge in [-0.2, -0.15) is 13.2 Å². The lowest BCUT2D eigenvalue weighted by molar-refractivity contribution is -0.150. The van der Waals surface area contributed by atoms with Crippen molar-refractivity contribution in [3.63, 3.8) is 0 Å². The van der Waals surface area contributed by atoms with E-state index in [1.807, 2.05) is 0 Å². The molecule has 0 aliphatic carbocycles. The third kappa shape index (κ3) is 4.04. The normalized spacial score (nSPS) is 19.4. The molecule has 0 aromatic heterocycles. The molecule has 11 heteroatoms. The highest BCUT2D eigenvalue weighted by Gasteiger charge is 2.42. The maximum Gasteiger partial charge on any atom is 0.418 e. The Balaban J connectivity index is 1.50. The number of nitrogens with one attached hydrogen (secondary N) is 1. The molecule has 0 bridgehead atoms. The zero-order valence-corrected chi connectivity index (χ0v) is 16.6. The molecule has 1 saturated heterocycles. The third-order valence-corrected chi connectivity index (χ3v) is 5.25. The fourth-order valence-electron chi connectivity index (χ4n) is 3.68. The van der Waals surface area contributed by atoms with Gasteiger partial charge in [0.2, 0.25) is 0 Å². The fourth-order valence-corrected chi connectivity index (χ4v) is 3.68. The van der Waals surface area contributed by atoms with Crippen LogP contribution in [0.1, 0.15) is 16.7 Å². The monoisotopic (exact) mass is 448 g/mol. The van der Waals surface area contributed by atoms with E-state index >= 15 is 0 Å². The standard InChI is InChI=1S/C21H19F3N4O4/c22-21(23,24)14-3-1-2-4-15(14)28-7-8-32-17(20(28)31)16(29)19(30)27-12-5-6-13-11(9-12)10-26-18(13)25/h1-6,9,16-17,29H,7-8,10H2,(H2,25,26)(H,27,30). The van der Waals surface area contributed by atoms with E-state index in [2.05, 4.69) is 10.3 Å². The second kappa shape index (κ2) is 8.24. The molecule has 1 fully saturated rings. The van der Waals surface area contributed by atoms with Gasteiger partial charge in [0.15, 0.2) is 12.2 Å². The van der Waals surface area contributed by atoms with Gasteiger partial charge in [-0.3, -0.25) is 14.6 Å². The molecule has 8 nitrogen and oxygen atoms in total. The lowest BCUT2D eigenvalue weighted by Crippen LogP contribution is -2.55. The number of alkyl halides is 3. The maximum atomic E-state index is 13.4. The van der Waals surface area contributed by atoms with Crippen LogP contribution in [0.4, 0.5) is 24.5 Å². The largest absolute Gasteiger partial charge is 0.418 e. The summed E-state index contributed by atoms with van der Waals surface area (Å²) in [6.45, 7) is 0.0522. The van der Waals surface area contributed by atoms with Gasteiger partial charge < -0.3 is 25.8 Å². The lowest BCUT2D eigenvalue weighted by Gasteiger charge is -2.35. The zero-order chi connectivity index (χ0) is 23.0. The predicted octanol–water partition coefficient (Wildman–Crippen LogP) is 1.66. The van der Waals surface area contributed by atoms with E-state index in [1.165, 1.54) is 12.1 Å². The Morgan fingerprint density at radius 3 is 2.78 bits per heavy atom. The number of anilines is 2. The highest BCUT2D eigenvalue weighted by Crippen LogP contribution is 2.37. The van der Waals surface area contributed by atoms with Crippen LogP contribution in [-0.4, -0.2) is 48.1 Å². The molecule has 0 radical (unpaired) electrons. The first-order valence-electron chi connectivity index (χ1n) is 9.68. The van der Waals surface area contributed by atoms with Crippen LogP contribution in [0, 0.1) is 0 Å². The average Bonchev–Trinajstić information content (AvgIpc) is 3.13. The molecule has 2 aliphatic rings. The molecule has 2 unspecified atom stereocenters. The van der Waals surface area contributed by atoms with Crippen molar-refractivity contribution in [2.24, 2.45) is 10.7 Å². The number of nitrogens with zero attached hydrogens (tertiary/aromatic N) is 2. The van der Waals surface area contributed by atoms with E-state index < -0.39 is 35.8 Å². The van der Waals surface area contributed by atoms with Crippen molar-refractivity contribution in [2.45, 2.75) is 24.9 Å². The number of ether oxygens (including phenoxy) is 1. The lowest BCUT2D eigenvalue weighted by atomic mass is 10.1. The second-order valence-electron chi connectivity index (χ2n) is 7.30. The Kier molecular flexibility index (Phi) is 5.61. The van der Waals surface area contributed by atoms with Crippen LogP contribution in [0.3, 0.4) is 0 Å². The number of amides is 2. The number of hydrogen-bond donors (Lipinski definition) is 3. The fraction of sp³-hybridized carbons (Fsp3) is 0.286. The van der Waals surface area contributed by atoms with Gasteiger partial charge in [-0.25, -0.2) is 0 Å². The number of nitrogens with two attached hydrogens (primary N) is 1. The van der Waals surface area contributed by atoms with Gasteiger partial charge in [0.25, 0.3) is 11.8 Å². The maximum absolute atomic E-state index is 13.4. The first-order chi connectivity index (χ1) is 15.2. The summed E-state index contributed by atoms with van der Waals surface area (Å²) in [5.74, 6) is -1.48. The van der Waals surface area contributed by atoms with Gasteiger partial charge in [0.05, 0.1) is 24.4 Å². The topological polar surface area (TPSA) is 117 Å². The smallest absolute Gasteiger partial charge is 0.383 e. The first kappa shape index (κ1) is 21.8. The van der Waals surface area contributed by atoms with Crippen LogP contribution in [0.2, 0.25) is 0 Å². The van der Waals surface area contributed by atoms with Crippen molar-refractivity contribution in [1.82, 2.24) is 0 Å². The third-order valence-electron chi connectivity index (χ3n) is 5.25. The molecule has 2 aromatic rings. The first-order valence-corrected chi connectivity index (χ1v) is 9.68. The van der Waals surface area contributed by atoms with Crippen LogP contribution in [-0.2, 0) is 27.0 Å². The number of halogens is 3. The molecule has 0 spiro atoms. The Hall–Kier alpha value is -3.44. The molecular weight excluding hydrogens is 429 g/mol. The molecule has 0 saturated carbocycles. The Labute approximate surface area is 180 Å². The van der Waals surface area contributed by atoms with Crippen molar-refractivity contribution in [3.8, 4) is 0 Å². The van der Waals surface area contributed by atoms with E-state index in [-0.39, 0.29) is 18.8 Å². The molecule has 4 rings (SSSR count). The average molecular weight is 448 g/mol. The molecule has 4 N–H and O–H groups in total. The summed E-state index contributed by atoms with van der Waals surface area (Å²) in [5, 5.41) is 12.9. The summed E-state index contributed by atoms with van der Waals surface area (Å²) in [7, 11) is 0. The number of fused-ring (bicyclic) bond motifs is 1. The number of para-hydroxylation sites is 1. The zero-order valence-electron chi connectivity index (χ0n) is 16.6. The number of amidine groups is 1. The molecule has 2 aromatic carbocycles. The minimum absolute atomic E-state index is 0.150. The van der Waals surface area contributed by atoms with E-state index in [1.54, 1.807) is 18.2 Å². The number of morpholine rings is 1. The molecule has 2 heterocycles. The quantitative estimate of drug-likeness (QED) is 0.658. The van der Waals surface area contributed by atoms with Gasteiger partial charge in [0, 0.05) is 17.8 Å². The number of hydrogen-bond acceptors (Lipinski definition) is 6. The number of aliphatic imine (C=N–C) groups is 1. The summed E-state index contributed by atoms with van der Waals surface area (Å²) in [4.78, 5) is 30.4. The second-order valence-corrected chi connectivity index (χ2v) is 7.30. The number of aliphatic hydroxyl groups excluding tert-OH is 1. The van der Waals surface area contributed by atoms with Gasteiger partial charge in [-0.1, -0.05) is 12.1 Å². The SMILES string of the molecule is NC1=NCc2cc(NC(=O)C(O)C3OCCN(c4ccccc4C(F)(F)F)C3=O)ccc21. The van der Waals surface area contributed by atoms with Crippen LogP contribution in [0.15, 0.2) is 47.5 Å². The van der Waals surface area contributed by atoms with Crippen LogP contribution >= 0.6 is 0 Å². The van der Waals surface area contributed by atoms with Gasteiger partial charge in [-0.05, 0) is 35.9 Å². The molecule has 32 heavy (non-hydrogen) atoms. The molecule has 2 aliphatic heterocycles. The molecule has 2 amide bonds. The summed E-state index contributed by atoms with van der Waals surface area (Å²) in [6.07, 6.45) is -8.27. The van der Waals surface area contributed by atoms with Crippen LogP contribution < -0.4 is 16.0 Å². The van der Waals surface area contributed by atoms with Crippen molar-refractivity contribution in [3.05, 3.63) is 59.2 Å². The molecule has 2 atom stereocenters. The van der Waals surface area contributed by atoms with E-state index in [9.17, 15) is 27.9 Å². The Morgan fingerprint density at radius 1 is 1.28 bits per heavy atom. The number of benzene rings is 2. The molecular formula is C21H19F3N4O4. The summed E-state index contributed by atoms with van der Waals surface area (Å²) in [6, 6.07) is 9.48. The number of aliphatic hydroxyl groups is 1. The van der Waals surface area contributed by atoms with Crippen molar-refractivity contribution in [2.75, 3.05) is 23.4 Å². The molecule has 168 valence electrons. The van der Waals surface area contributed by atoms with Gasteiger partial charge in [0.1, 0.15) is 5.84 Å². The van der Waals surface area contributed by atoms with Gasteiger partial charge in [-0.15, -0.1) is 0 Å². The summed E-state index contributed by atoms with van der Waals surface area (Å²) < 4.78 is 45.4.